The Labute approximate surface area is 146 Å². The van der Waals surface area contributed by atoms with E-state index in [1.54, 1.807) is 0 Å². The van der Waals surface area contributed by atoms with Crippen LogP contribution in [0.15, 0.2) is 24.3 Å². The Hall–Kier alpha value is -2.08. The van der Waals surface area contributed by atoms with Crippen LogP contribution in [0.4, 0.5) is 0 Å². The highest BCUT2D eigenvalue weighted by Crippen LogP contribution is 2.34. The second-order valence-corrected chi connectivity index (χ2v) is 7.15. The molecule has 2 saturated heterocycles. The Balaban J connectivity index is 1.33. The molecule has 1 aromatic rings. The van der Waals surface area contributed by atoms with Crippen LogP contribution in [-0.2, 0) is 20.7 Å². The average Bonchev–Trinajstić information content (AvgIpc) is 3.28. The summed E-state index contributed by atoms with van der Waals surface area (Å²) in [5.74, 6) is -0.108. The minimum absolute atomic E-state index is 0.0387. The van der Waals surface area contributed by atoms with Crippen LogP contribution < -0.4 is 4.74 Å². The number of ether oxygens (including phenoxy) is 2. The van der Waals surface area contributed by atoms with Crippen LogP contribution in [0.25, 0.3) is 0 Å². The molecule has 0 saturated carbocycles. The van der Waals surface area contributed by atoms with Gasteiger partial charge in [0.15, 0.2) is 6.10 Å². The highest BCUT2D eigenvalue weighted by molar-refractivity contribution is 5.82. The van der Waals surface area contributed by atoms with Gasteiger partial charge in [-0.1, -0.05) is 18.2 Å². The summed E-state index contributed by atoms with van der Waals surface area (Å²) < 4.78 is 11.5. The number of hydrogen-bond acceptors (Lipinski definition) is 4. The number of rotatable bonds is 3. The lowest BCUT2D eigenvalue weighted by Crippen LogP contribution is -2.47. The van der Waals surface area contributed by atoms with Crippen molar-refractivity contribution < 1.29 is 24.2 Å². The number of carbonyl (C=O) groups is 2. The van der Waals surface area contributed by atoms with Gasteiger partial charge in [-0.15, -0.1) is 0 Å². The third-order valence-electron chi connectivity index (χ3n) is 5.69. The van der Waals surface area contributed by atoms with E-state index in [4.69, 9.17) is 9.47 Å². The van der Waals surface area contributed by atoms with E-state index in [0.29, 0.717) is 32.5 Å². The third kappa shape index (κ3) is 3.11. The van der Waals surface area contributed by atoms with Gasteiger partial charge < -0.3 is 19.5 Å². The predicted molar refractivity (Wildman–Crippen MR) is 89.3 cm³/mol. The number of carboxylic acid groups (broad SMARTS) is 1. The summed E-state index contributed by atoms with van der Waals surface area (Å²) in [6.07, 6.45) is 2.17. The Morgan fingerprint density at radius 2 is 1.88 bits per heavy atom. The van der Waals surface area contributed by atoms with Crippen molar-refractivity contribution in [2.45, 2.75) is 37.9 Å². The van der Waals surface area contributed by atoms with Gasteiger partial charge >= 0.3 is 5.97 Å². The first-order valence-corrected chi connectivity index (χ1v) is 9.01. The Kier molecular flexibility index (Phi) is 4.37. The first kappa shape index (κ1) is 16.4. The summed E-state index contributed by atoms with van der Waals surface area (Å²) in [5.41, 5.74) is 1.08. The van der Waals surface area contributed by atoms with Crippen molar-refractivity contribution in [3.63, 3.8) is 0 Å². The molecular formula is C19H23NO5. The van der Waals surface area contributed by atoms with E-state index in [1.165, 1.54) is 0 Å². The summed E-state index contributed by atoms with van der Waals surface area (Å²) >= 11 is 0. The summed E-state index contributed by atoms with van der Waals surface area (Å²) in [7, 11) is 0. The van der Waals surface area contributed by atoms with Crippen LogP contribution in [0.1, 0.15) is 24.8 Å². The van der Waals surface area contributed by atoms with Gasteiger partial charge in [0.2, 0.25) is 0 Å². The summed E-state index contributed by atoms with van der Waals surface area (Å²) in [6.45, 7) is 1.81. The van der Waals surface area contributed by atoms with Crippen molar-refractivity contribution in [1.82, 2.24) is 4.90 Å². The molecule has 0 aromatic heterocycles. The molecule has 0 unspecified atom stereocenters. The molecule has 3 aliphatic heterocycles. The number of fused-ring (bicyclic) bond motifs is 1. The Morgan fingerprint density at radius 3 is 2.60 bits per heavy atom. The lowest BCUT2D eigenvalue weighted by atomic mass is 9.84. The quantitative estimate of drug-likeness (QED) is 0.903. The number of piperidine rings is 1. The Bertz CT molecular complexity index is 643. The molecule has 0 bridgehead atoms. The molecule has 6 nitrogen and oxygen atoms in total. The van der Waals surface area contributed by atoms with Crippen molar-refractivity contribution in [2.24, 2.45) is 11.8 Å². The van der Waals surface area contributed by atoms with Crippen molar-refractivity contribution in [1.29, 1.82) is 0 Å². The van der Waals surface area contributed by atoms with Gasteiger partial charge in [-0.2, -0.15) is 0 Å². The summed E-state index contributed by atoms with van der Waals surface area (Å²) in [6, 6.07) is 7.77. The van der Waals surface area contributed by atoms with E-state index in [2.05, 4.69) is 0 Å². The van der Waals surface area contributed by atoms with Crippen molar-refractivity contribution in [3.05, 3.63) is 29.8 Å². The maximum atomic E-state index is 12.7. The number of benzene rings is 1. The van der Waals surface area contributed by atoms with Gasteiger partial charge in [-0.05, 0) is 36.8 Å². The SMILES string of the molecule is O=C(O)[C@H]1CCO[C@H]1C1CCN(C(=O)[C@@H]2Cc3ccccc3O2)CC1. The molecule has 25 heavy (non-hydrogen) atoms. The van der Waals surface area contributed by atoms with Crippen molar-refractivity contribution in [2.75, 3.05) is 19.7 Å². The average molecular weight is 345 g/mol. The van der Waals surface area contributed by atoms with Crippen LogP contribution in [0.3, 0.4) is 0 Å². The van der Waals surface area contributed by atoms with Crippen LogP contribution in [0.2, 0.25) is 0 Å². The zero-order chi connectivity index (χ0) is 17.4. The molecule has 1 N–H and O–H groups in total. The first-order chi connectivity index (χ1) is 12.1. The van der Waals surface area contributed by atoms with Gasteiger partial charge in [0.05, 0.1) is 12.0 Å². The lowest BCUT2D eigenvalue weighted by Gasteiger charge is -2.36. The zero-order valence-corrected chi connectivity index (χ0v) is 14.1. The largest absolute Gasteiger partial charge is 0.481 e. The minimum Gasteiger partial charge on any atom is -0.481 e. The van der Waals surface area contributed by atoms with E-state index in [1.807, 2.05) is 29.2 Å². The molecule has 3 heterocycles. The maximum Gasteiger partial charge on any atom is 0.309 e. The topological polar surface area (TPSA) is 76.1 Å². The summed E-state index contributed by atoms with van der Waals surface area (Å²) in [4.78, 5) is 26.0. The predicted octanol–water partition coefficient (Wildman–Crippen LogP) is 1.72. The van der Waals surface area contributed by atoms with E-state index in [0.717, 1.165) is 24.2 Å². The molecule has 1 amide bonds. The van der Waals surface area contributed by atoms with Crippen LogP contribution in [0.5, 0.6) is 5.75 Å². The molecule has 3 atom stereocenters. The number of likely N-dealkylation sites (tertiary alicyclic amines) is 1. The highest BCUT2D eigenvalue weighted by Gasteiger charge is 2.41. The smallest absolute Gasteiger partial charge is 0.309 e. The zero-order valence-electron chi connectivity index (χ0n) is 14.1. The fourth-order valence-corrected chi connectivity index (χ4v) is 4.31. The number of hydrogen-bond donors (Lipinski definition) is 1. The lowest BCUT2D eigenvalue weighted by molar-refractivity contribution is -0.146. The first-order valence-electron chi connectivity index (χ1n) is 9.01. The molecular weight excluding hydrogens is 322 g/mol. The number of para-hydroxylation sites is 1. The monoisotopic (exact) mass is 345 g/mol. The number of nitrogens with zero attached hydrogens (tertiary/aromatic N) is 1. The van der Waals surface area contributed by atoms with Gasteiger partial charge in [0.1, 0.15) is 5.75 Å². The Morgan fingerprint density at radius 1 is 1.12 bits per heavy atom. The van der Waals surface area contributed by atoms with E-state index >= 15 is 0 Å². The molecule has 2 fully saturated rings. The van der Waals surface area contributed by atoms with E-state index < -0.39 is 18.0 Å². The van der Waals surface area contributed by atoms with Crippen molar-refractivity contribution in [3.8, 4) is 5.75 Å². The number of carbonyl (C=O) groups excluding carboxylic acids is 1. The van der Waals surface area contributed by atoms with Gasteiger partial charge in [0.25, 0.3) is 5.91 Å². The summed E-state index contributed by atoms with van der Waals surface area (Å²) in [5, 5.41) is 9.32. The second-order valence-electron chi connectivity index (χ2n) is 7.15. The van der Waals surface area contributed by atoms with E-state index in [-0.39, 0.29) is 17.9 Å². The van der Waals surface area contributed by atoms with Gasteiger partial charge in [-0.3, -0.25) is 9.59 Å². The number of aliphatic carboxylic acids is 1. The molecule has 4 rings (SSSR count). The van der Waals surface area contributed by atoms with Crippen LogP contribution >= 0.6 is 0 Å². The van der Waals surface area contributed by atoms with E-state index in [9.17, 15) is 14.7 Å². The minimum atomic E-state index is -0.766. The van der Waals surface area contributed by atoms with Crippen molar-refractivity contribution >= 4 is 11.9 Å². The molecule has 134 valence electrons. The maximum absolute atomic E-state index is 12.7. The number of amides is 1. The van der Waals surface area contributed by atoms with Crippen LogP contribution in [-0.4, -0.2) is 53.8 Å². The standard InChI is InChI=1S/C19H23NO5/c21-18(16-11-13-3-1-2-4-15(13)25-16)20-8-5-12(6-9-20)17-14(19(22)23)7-10-24-17/h1-4,12,14,16-17H,5-11H2,(H,22,23)/t14-,16-,17-/m0/s1. The second kappa shape index (κ2) is 6.67. The normalized spacial score (nSPS) is 29.3. The van der Waals surface area contributed by atoms with Gasteiger partial charge in [0, 0.05) is 26.1 Å². The number of carboxylic acids is 1. The van der Waals surface area contributed by atoms with Crippen LogP contribution in [0, 0.1) is 11.8 Å². The molecule has 3 aliphatic rings. The molecule has 0 radical (unpaired) electrons. The fourth-order valence-electron chi connectivity index (χ4n) is 4.31. The molecule has 1 aromatic carbocycles. The van der Waals surface area contributed by atoms with Gasteiger partial charge in [-0.25, -0.2) is 0 Å². The molecule has 0 aliphatic carbocycles. The molecule has 0 spiro atoms. The highest BCUT2D eigenvalue weighted by atomic mass is 16.5. The third-order valence-corrected chi connectivity index (χ3v) is 5.69. The fraction of sp³-hybridized carbons (Fsp3) is 0.579. The molecule has 6 heteroatoms.